The lowest BCUT2D eigenvalue weighted by Crippen LogP contribution is -2.36. The Hall–Kier alpha value is -3.46. The van der Waals surface area contributed by atoms with Crippen molar-refractivity contribution in [1.82, 2.24) is 9.88 Å². The molecule has 13 nitrogen and oxygen atoms in total. The maximum atomic E-state index is 11.1. The molecule has 1 aromatic rings. The summed E-state index contributed by atoms with van der Waals surface area (Å²) in [6.07, 6.45) is 9.59. The summed E-state index contributed by atoms with van der Waals surface area (Å²) in [5.74, 6) is -2.58. The van der Waals surface area contributed by atoms with Crippen LogP contribution in [0.2, 0.25) is 0 Å². The van der Waals surface area contributed by atoms with Crippen molar-refractivity contribution >= 4 is 23.6 Å². The van der Waals surface area contributed by atoms with Gasteiger partial charge in [0.15, 0.2) is 11.6 Å². The van der Waals surface area contributed by atoms with Gasteiger partial charge in [-0.05, 0) is 133 Å². The minimum Gasteiger partial charge on any atom is -0.462 e. The van der Waals surface area contributed by atoms with Crippen molar-refractivity contribution < 1.29 is 47.9 Å². The quantitative estimate of drug-likeness (QED) is 0.0741. The monoisotopic (exact) mass is 822 g/mol. The normalized spacial score (nSPS) is 17.2. The van der Waals surface area contributed by atoms with E-state index in [1.807, 2.05) is 58.8 Å². The zero-order valence-electron chi connectivity index (χ0n) is 38.5. The topological polar surface area (TPSA) is 146 Å². The van der Waals surface area contributed by atoms with Crippen LogP contribution in [-0.4, -0.2) is 116 Å². The third kappa shape index (κ3) is 28.9. The Bertz CT molecular complexity index is 1310. The van der Waals surface area contributed by atoms with Gasteiger partial charge < -0.3 is 38.4 Å². The summed E-state index contributed by atoms with van der Waals surface area (Å²) in [6, 6.07) is 5.32. The van der Waals surface area contributed by atoms with Gasteiger partial charge in [-0.2, -0.15) is 0 Å². The molecule has 1 N–H and O–H groups in total. The molecule has 13 heteroatoms. The molecule has 2 aliphatic rings. The van der Waals surface area contributed by atoms with Crippen molar-refractivity contribution in [2.24, 2.45) is 0 Å². The molecule has 58 heavy (non-hydrogen) atoms. The van der Waals surface area contributed by atoms with Crippen LogP contribution in [0.5, 0.6) is 0 Å². The Labute approximate surface area is 351 Å². The first-order valence-electron chi connectivity index (χ1n) is 20.4. The second-order valence-corrected chi connectivity index (χ2v) is 15.9. The molecule has 2 fully saturated rings. The Morgan fingerprint density at radius 3 is 1.47 bits per heavy atom. The van der Waals surface area contributed by atoms with E-state index in [9.17, 15) is 14.4 Å². The van der Waals surface area contributed by atoms with Gasteiger partial charge in [0.25, 0.3) is 0 Å². The van der Waals surface area contributed by atoms with E-state index in [0.717, 1.165) is 45.1 Å². The molecule has 2 saturated heterocycles. The number of anilines is 1. The highest BCUT2D eigenvalue weighted by atomic mass is 16.7. The number of ether oxygens (including phenoxy) is 6. The Balaban J connectivity index is 0. The Morgan fingerprint density at radius 1 is 0.776 bits per heavy atom. The van der Waals surface area contributed by atoms with Crippen LogP contribution in [-0.2, 0) is 42.8 Å². The fraction of sp³-hybridized carbons (Fsp3) is 0.689. The molecule has 0 bridgehead atoms. The number of rotatable bonds is 16. The summed E-state index contributed by atoms with van der Waals surface area (Å²) in [5.41, 5.74) is 2.02. The Kier molecular flexibility index (Phi) is 29.8. The van der Waals surface area contributed by atoms with Crippen LogP contribution in [0.15, 0.2) is 61.0 Å². The average Bonchev–Trinajstić information content (AvgIpc) is 3.67. The van der Waals surface area contributed by atoms with Crippen LogP contribution in [0.4, 0.5) is 5.69 Å². The third-order valence-electron chi connectivity index (χ3n) is 8.32. The van der Waals surface area contributed by atoms with Gasteiger partial charge in [-0.3, -0.25) is 9.88 Å². The first kappa shape index (κ1) is 56.6. The smallest absolute Gasteiger partial charge is 0.340 e. The second-order valence-electron chi connectivity index (χ2n) is 15.9. The molecule has 3 heterocycles. The molecule has 0 amide bonds. The highest BCUT2D eigenvalue weighted by molar-refractivity contribution is 6.00. The van der Waals surface area contributed by atoms with Crippen LogP contribution in [0.25, 0.3) is 0 Å². The van der Waals surface area contributed by atoms with Crippen molar-refractivity contribution in [2.75, 3.05) is 52.0 Å². The molecule has 2 atom stereocenters. The van der Waals surface area contributed by atoms with Gasteiger partial charge in [-0.1, -0.05) is 26.7 Å². The number of nitrogens with zero attached hydrogens (tertiary/aromatic N) is 3. The van der Waals surface area contributed by atoms with E-state index in [-0.39, 0.29) is 35.9 Å². The molecule has 0 aliphatic carbocycles. The number of aromatic nitrogens is 1. The molecular weight excluding hydrogens is 743 g/mol. The van der Waals surface area contributed by atoms with Crippen LogP contribution >= 0.6 is 0 Å². The lowest BCUT2D eigenvalue weighted by Gasteiger charge is -2.28. The summed E-state index contributed by atoms with van der Waals surface area (Å²) >= 11 is 0. The molecule has 0 radical (unpaired) electrons. The minimum absolute atomic E-state index is 0.168. The molecule has 334 valence electrons. The van der Waals surface area contributed by atoms with Crippen LogP contribution in [0, 0.1) is 0 Å². The maximum Gasteiger partial charge on any atom is 0.340 e. The zero-order valence-corrected chi connectivity index (χ0v) is 38.5. The van der Waals surface area contributed by atoms with Crippen LogP contribution in [0.3, 0.4) is 0 Å². The number of hydrogen-bond acceptors (Lipinski definition) is 13. The summed E-state index contributed by atoms with van der Waals surface area (Å²) < 4.78 is 31.4. The van der Waals surface area contributed by atoms with Gasteiger partial charge in [-0.15, -0.1) is 0 Å². The van der Waals surface area contributed by atoms with E-state index in [2.05, 4.69) is 69.0 Å². The molecule has 3 rings (SSSR count). The molecule has 0 saturated carbocycles. The average molecular weight is 822 g/mol. The van der Waals surface area contributed by atoms with Crippen molar-refractivity contribution in [3.05, 3.63) is 61.0 Å². The van der Waals surface area contributed by atoms with Crippen LogP contribution in [0.1, 0.15) is 122 Å². The van der Waals surface area contributed by atoms with Gasteiger partial charge in [0.2, 0.25) is 0 Å². The molecular formula is C45H79N3O10. The van der Waals surface area contributed by atoms with E-state index >= 15 is 0 Å². The standard InChI is InChI=1S/C13H22O4.C9H18O3.C8H19N.C8H10O3.C7H10N2/c1-10(2)12(14)15-8-6-5-7-11-9-16-13(3,4)17-11;1-9(2)11-7-8(12-9)5-3-4-6-10;1-6-9(7(2)3)8(4)5;1-5(2)7(9)11-8(10)6(3)4;1-9(2)7-3-5-8-6-4-7/h11H,1,5-9H2,2-4H3;8,10H,3-7H2,1-2H3;7-8H,6H2,1-5H3;1,3H2,2,4H3;3-6H,1-2H3. The maximum absolute atomic E-state index is 11.1. The molecule has 2 unspecified atom stereocenters. The fourth-order valence-electron chi connectivity index (χ4n) is 5.28. The number of unbranched alkanes of at least 4 members (excludes halogenated alkanes) is 2. The Morgan fingerprint density at radius 2 is 1.19 bits per heavy atom. The first-order chi connectivity index (χ1) is 26.9. The summed E-state index contributed by atoms with van der Waals surface area (Å²) in [6.45, 7) is 36.8. The molecule has 1 aromatic heterocycles. The van der Waals surface area contributed by atoms with Gasteiger partial charge in [0, 0.05) is 67.6 Å². The number of pyridine rings is 1. The third-order valence-corrected chi connectivity index (χ3v) is 8.32. The van der Waals surface area contributed by atoms with Crippen LogP contribution < -0.4 is 4.90 Å². The first-order valence-corrected chi connectivity index (χ1v) is 20.4. The van der Waals surface area contributed by atoms with Gasteiger partial charge >= 0.3 is 17.9 Å². The number of aliphatic hydroxyl groups excluding tert-OH is 1. The number of aliphatic hydroxyl groups is 1. The van der Waals surface area contributed by atoms with Crippen molar-refractivity contribution in [2.45, 2.75) is 157 Å². The van der Waals surface area contributed by atoms with E-state index < -0.39 is 23.5 Å². The predicted octanol–water partition coefficient (Wildman–Crippen LogP) is 8.21. The predicted molar refractivity (Wildman–Crippen MR) is 232 cm³/mol. The van der Waals surface area contributed by atoms with Crippen molar-refractivity contribution in [3.63, 3.8) is 0 Å². The highest BCUT2D eigenvalue weighted by Gasteiger charge is 2.32. The number of hydrogen-bond donors (Lipinski definition) is 1. The van der Waals surface area contributed by atoms with E-state index in [4.69, 9.17) is 28.8 Å². The summed E-state index contributed by atoms with van der Waals surface area (Å²) in [7, 11) is 4.02. The zero-order chi connectivity index (χ0) is 45.1. The largest absolute Gasteiger partial charge is 0.462 e. The second kappa shape index (κ2) is 30.6. The molecule has 0 spiro atoms. The van der Waals surface area contributed by atoms with Gasteiger partial charge in [-0.25, -0.2) is 14.4 Å². The number of carbonyl (C=O) groups excluding carboxylic acids is 3. The molecule has 0 aromatic carbocycles. The van der Waals surface area contributed by atoms with Gasteiger partial charge in [0.05, 0.1) is 32.0 Å². The van der Waals surface area contributed by atoms with Crippen molar-refractivity contribution in [1.29, 1.82) is 0 Å². The van der Waals surface area contributed by atoms with Crippen molar-refractivity contribution in [3.8, 4) is 0 Å². The molecule has 2 aliphatic heterocycles. The highest BCUT2D eigenvalue weighted by Crippen LogP contribution is 2.26. The number of esters is 3. The summed E-state index contributed by atoms with van der Waals surface area (Å²) in [5, 5.41) is 8.57. The van der Waals surface area contributed by atoms with E-state index in [1.54, 1.807) is 19.3 Å². The van der Waals surface area contributed by atoms with Gasteiger partial charge in [0.1, 0.15) is 0 Å². The van der Waals surface area contributed by atoms with E-state index in [0.29, 0.717) is 37.5 Å². The lowest BCUT2D eigenvalue weighted by molar-refractivity contribution is -0.154. The minimum atomic E-state index is -0.710. The SMILES string of the molecule is C=C(C)C(=O)OC(=O)C(=C)C.C=C(C)C(=O)OCCCCC1COC(C)(C)O1.CC1(C)OCC(CCCCO)O1.CCN(C(C)C)C(C)C.CN(C)c1ccncc1. The van der Waals surface area contributed by atoms with E-state index in [1.165, 1.54) is 19.5 Å². The lowest BCUT2D eigenvalue weighted by atomic mass is 10.2. The fourth-order valence-corrected chi connectivity index (χ4v) is 5.28. The number of carbonyl (C=O) groups is 3. The summed E-state index contributed by atoms with van der Waals surface area (Å²) in [4.78, 5) is 40.8.